The minimum absolute atomic E-state index is 0.662. The molecule has 0 spiro atoms. The molecule has 0 fully saturated rings. The second-order valence-electron chi connectivity index (χ2n) is 3.46. The number of benzene rings is 1. The molecule has 0 aromatic heterocycles. The highest BCUT2D eigenvalue weighted by Gasteiger charge is 2.05. The molecular weight excluding hydrogens is 188 g/mol. The van der Waals surface area contributed by atoms with Crippen LogP contribution in [0.1, 0.15) is 18.1 Å². The Morgan fingerprint density at radius 3 is 2.87 bits per heavy atom. The molecule has 0 unspecified atom stereocenters. The van der Waals surface area contributed by atoms with E-state index in [0.29, 0.717) is 13.2 Å². The largest absolute Gasteiger partial charge is 0.493 e. The first kappa shape index (κ1) is 12.0. The molecule has 0 saturated heterocycles. The van der Waals surface area contributed by atoms with Crippen molar-refractivity contribution >= 4 is 0 Å². The number of hydrogen-bond acceptors (Lipinski definition) is 3. The summed E-state index contributed by atoms with van der Waals surface area (Å²) in [5.41, 5.74) is 7.81. The monoisotopic (exact) mass is 208 g/mol. The molecule has 0 heterocycles. The molecule has 0 aliphatic rings. The zero-order valence-corrected chi connectivity index (χ0v) is 9.55. The molecule has 84 valence electrons. The molecule has 0 aliphatic heterocycles. The molecule has 1 aromatic rings. The van der Waals surface area contributed by atoms with Crippen LogP contribution >= 0.6 is 0 Å². The smallest absolute Gasteiger partial charge is 0.126 e. The maximum Gasteiger partial charge on any atom is 0.126 e. The van der Waals surface area contributed by atoms with Gasteiger partial charge in [0.25, 0.3) is 0 Å². The summed E-state index contributed by atoms with van der Waals surface area (Å²) >= 11 is 0. The summed E-state index contributed by atoms with van der Waals surface area (Å²) in [6, 6.07) is 6.20. The summed E-state index contributed by atoms with van der Waals surface area (Å²) in [6.07, 6.45) is 0. The van der Waals surface area contributed by atoms with E-state index in [1.807, 2.05) is 6.92 Å². The lowest BCUT2D eigenvalue weighted by atomic mass is 10.1. The standard InChI is InChI=1S/C12H20N2O/c1-3-15-12-10(2)5-4-6-11(12)9-14-8-7-13/h4-6,14H,3,7-9,13H2,1-2H3. The van der Waals surface area contributed by atoms with Gasteiger partial charge in [-0.2, -0.15) is 0 Å². The van der Waals surface area contributed by atoms with Gasteiger partial charge >= 0.3 is 0 Å². The van der Waals surface area contributed by atoms with Gasteiger partial charge in [-0.3, -0.25) is 0 Å². The van der Waals surface area contributed by atoms with E-state index in [0.717, 1.165) is 18.8 Å². The summed E-state index contributed by atoms with van der Waals surface area (Å²) in [5, 5.41) is 3.27. The molecular formula is C12H20N2O. The van der Waals surface area contributed by atoms with Gasteiger partial charge in [-0.05, 0) is 19.4 Å². The number of hydrogen-bond donors (Lipinski definition) is 2. The van der Waals surface area contributed by atoms with Gasteiger partial charge < -0.3 is 15.8 Å². The normalized spacial score (nSPS) is 10.3. The summed E-state index contributed by atoms with van der Waals surface area (Å²) in [6.45, 7) is 7.08. The Bertz CT molecular complexity index is 300. The molecule has 0 bridgehead atoms. The number of ether oxygens (including phenoxy) is 1. The van der Waals surface area contributed by atoms with Crippen LogP contribution in [-0.2, 0) is 6.54 Å². The third-order valence-electron chi connectivity index (χ3n) is 2.22. The molecule has 1 aromatic carbocycles. The van der Waals surface area contributed by atoms with Gasteiger partial charge in [-0.25, -0.2) is 0 Å². The van der Waals surface area contributed by atoms with Crippen molar-refractivity contribution in [3.8, 4) is 5.75 Å². The number of aryl methyl sites for hydroxylation is 1. The summed E-state index contributed by atoms with van der Waals surface area (Å²) in [7, 11) is 0. The molecule has 1 rings (SSSR count). The third kappa shape index (κ3) is 3.53. The second-order valence-corrected chi connectivity index (χ2v) is 3.46. The lowest BCUT2D eigenvalue weighted by Crippen LogP contribution is -2.22. The van der Waals surface area contributed by atoms with Crippen molar-refractivity contribution in [3.05, 3.63) is 29.3 Å². The predicted molar refractivity (Wildman–Crippen MR) is 63.1 cm³/mol. The lowest BCUT2D eigenvalue weighted by molar-refractivity contribution is 0.333. The van der Waals surface area contributed by atoms with E-state index >= 15 is 0 Å². The van der Waals surface area contributed by atoms with Crippen molar-refractivity contribution in [1.82, 2.24) is 5.32 Å². The van der Waals surface area contributed by atoms with Gasteiger partial charge in [0.1, 0.15) is 5.75 Å². The number of nitrogens with two attached hydrogens (primary N) is 1. The Morgan fingerprint density at radius 2 is 2.20 bits per heavy atom. The maximum atomic E-state index is 5.63. The fourth-order valence-electron chi connectivity index (χ4n) is 1.53. The van der Waals surface area contributed by atoms with Crippen molar-refractivity contribution in [1.29, 1.82) is 0 Å². The molecule has 3 N–H and O–H groups in total. The van der Waals surface area contributed by atoms with E-state index in [1.165, 1.54) is 11.1 Å². The highest BCUT2D eigenvalue weighted by molar-refractivity contribution is 5.40. The van der Waals surface area contributed by atoms with E-state index in [2.05, 4.69) is 30.4 Å². The molecule has 3 nitrogen and oxygen atoms in total. The SMILES string of the molecule is CCOc1c(C)cccc1CNCCN. The van der Waals surface area contributed by atoms with Crippen molar-refractivity contribution in [2.75, 3.05) is 19.7 Å². The summed E-state index contributed by atoms with van der Waals surface area (Å²) < 4.78 is 5.63. The number of para-hydroxylation sites is 1. The zero-order valence-electron chi connectivity index (χ0n) is 9.55. The molecule has 0 saturated carbocycles. The van der Waals surface area contributed by atoms with Crippen LogP contribution < -0.4 is 15.8 Å². The van der Waals surface area contributed by atoms with Gasteiger partial charge in [-0.1, -0.05) is 18.2 Å². The molecule has 15 heavy (non-hydrogen) atoms. The van der Waals surface area contributed by atoms with E-state index in [-0.39, 0.29) is 0 Å². The van der Waals surface area contributed by atoms with Crippen molar-refractivity contribution < 1.29 is 4.74 Å². The van der Waals surface area contributed by atoms with Crippen LogP contribution in [0.4, 0.5) is 0 Å². The quantitative estimate of drug-likeness (QED) is 0.695. The van der Waals surface area contributed by atoms with Crippen molar-refractivity contribution in [2.24, 2.45) is 5.73 Å². The summed E-state index contributed by atoms with van der Waals surface area (Å²) in [4.78, 5) is 0. The van der Waals surface area contributed by atoms with Gasteiger partial charge in [0.2, 0.25) is 0 Å². The minimum Gasteiger partial charge on any atom is -0.493 e. The van der Waals surface area contributed by atoms with Gasteiger partial charge in [0, 0.05) is 25.2 Å². The molecule has 0 aliphatic carbocycles. The van der Waals surface area contributed by atoms with Gasteiger partial charge in [0.05, 0.1) is 6.61 Å². The molecule has 0 radical (unpaired) electrons. The van der Waals surface area contributed by atoms with E-state index in [4.69, 9.17) is 10.5 Å². The fourth-order valence-corrected chi connectivity index (χ4v) is 1.53. The average Bonchev–Trinajstić information content (AvgIpc) is 2.23. The third-order valence-corrected chi connectivity index (χ3v) is 2.22. The first-order valence-electron chi connectivity index (χ1n) is 5.41. The lowest BCUT2D eigenvalue weighted by Gasteiger charge is -2.13. The van der Waals surface area contributed by atoms with Crippen LogP contribution in [0.25, 0.3) is 0 Å². The van der Waals surface area contributed by atoms with Crippen LogP contribution in [0.5, 0.6) is 5.75 Å². The Hall–Kier alpha value is -1.06. The first-order chi connectivity index (χ1) is 7.29. The van der Waals surface area contributed by atoms with Gasteiger partial charge in [0.15, 0.2) is 0 Å². The highest BCUT2D eigenvalue weighted by atomic mass is 16.5. The van der Waals surface area contributed by atoms with E-state index < -0.39 is 0 Å². The molecule has 3 heteroatoms. The molecule has 0 atom stereocenters. The van der Waals surface area contributed by atoms with Crippen molar-refractivity contribution in [2.45, 2.75) is 20.4 Å². The summed E-state index contributed by atoms with van der Waals surface area (Å²) in [5.74, 6) is 1.00. The van der Waals surface area contributed by atoms with Crippen LogP contribution in [0.3, 0.4) is 0 Å². The maximum absolute atomic E-state index is 5.63. The average molecular weight is 208 g/mol. The Morgan fingerprint density at radius 1 is 1.40 bits per heavy atom. The Labute approximate surface area is 91.6 Å². The Kier molecular flexibility index (Phi) is 5.15. The van der Waals surface area contributed by atoms with Crippen molar-refractivity contribution in [3.63, 3.8) is 0 Å². The van der Waals surface area contributed by atoms with Crippen LogP contribution in [0.2, 0.25) is 0 Å². The number of nitrogens with one attached hydrogen (secondary N) is 1. The predicted octanol–water partition coefficient (Wildman–Crippen LogP) is 1.44. The van der Waals surface area contributed by atoms with Crippen LogP contribution in [0.15, 0.2) is 18.2 Å². The Balaban J connectivity index is 2.71. The number of rotatable bonds is 6. The van der Waals surface area contributed by atoms with Crippen LogP contribution in [-0.4, -0.2) is 19.7 Å². The fraction of sp³-hybridized carbons (Fsp3) is 0.500. The van der Waals surface area contributed by atoms with E-state index in [9.17, 15) is 0 Å². The van der Waals surface area contributed by atoms with E-state index in [1.54, 1.807) is 0 Å². The first-order valence-corrected chi connectivity index (χ1v) is 5.41. The van der Waals surface area contributed by atoms with Crippen LogP contribution in [0, 0.1) is 6.92 Å². The topological polar surface area (TPSA) is 47.3 Å². The minimum atomic E-state index is 0.662. The highest BCUT2D eigenvalue weighted by Crippen LogP contribution is 2.23. The van der Waals surface area contributed by atoms with Gasteiger partial charge in [-0.15, -0.1) is 0 Å². The zero-order chi connectivity index (χ0) is 11.1. The second kappa shape index (κ2) is 6.43. The molecule has 0 amide bonds.